The van der Waals surface area contributed by atoms with E-state index in [1.165, 1.54) is 5.39 Å². The highest BCUT2D eigenvalue weighted by Gasteiger charge is 2.47. The number of ether oxygens (including phenoxy) is 1. The summed E-state index contributed by atoms with van der Waals surface area (Å²) < 4.78 is 37.7. The maximum absolute atomic E-state index is 12.4. The van der Waals surface area contributed by atoms with Gasteiger partial charge in [-0.3, -0.25) is 14.7 Å². The van der Waals surface area contributed by atoms with E-state index < -0.39 is 12.1 Å². The van der Waals surface area contributed by atoms with Gasteiger partial charge in [-0.1, -0.05) is 24.3 Å². The normalized spacial score (nSPS) is 25.2. The number of likely N-dealkylation sites (tertiary alicyclic amines) is 1. The molecule has 32 heavy (non-hydrogen) atoms. The van der Waals surface area contributed by atoms with Crippen LogP contribution in [0.3, 0.4) is 0 Å². The van der Waals surface area contributed by atoms with Crippen molar-refractivity contribution in [1.29, 1.82) is 0 Å². The molecule has 2 aliphatic heterocycles. The van der Waals surface area contributed by atoms with Gasteiger partial charge in [-0.2, -0.15) is 13.2 Å². The number of amides is 1. The number of nitrogens with zero attached hydrogens (tertiary/aromatic N) is 2. The predicted molar refractivity (Wildman–Crippen MR) is 109 cm³/mol. The molecule has 3 heterocycles. The Balaban J connectivity index is 0.000000307. The molecule has 0 radical (unpaired) electrons. The van der Waals surface area contributed by atoms with E-state index in [-0.39, 0.29) is 17.9 Å². The van der Waals surface area contributed by atoms with Crippen LogP contribution in [-0.4, -0.2) is 64.9 Å². The number of hydrogen-bond acceptors (Lipinski definition) is 5. The van der Waals surface area contributed by atoms with Gasteiger partial charge in [-0.05, 0) is 25.0 Å². The summed E-state index contributed by atoms with van der Waals surface area (Å²) in [4.78, 5) is 28.5. The Hall–Kier alpha value is -2.72. The highest BCUT2D eigenvalue weighted by Crippen LogP contribution is 2.35. The topological polar surface area (TPSA) is 91.8 Å². The van der Waals surface area contributed by atoms with Crippen molar-refractivity contribution in [3.63, 3.8) is 0 Å². The lowest BCUT2D eigenvalue weighted by atomic mass is 9.92. The van der Waals surface area contributed by atoms with Crippen molar-refractivity contribution < 1.29 is 32.6 Å². The van der Waals surface area contributed by atoms with Crippen molar-refractivity contribution in [2.75, 3.05) is 19.7 Å². The van der Waals surface area contributed by atoms with E-state index >= 15 is 0 Å². The van der Waals surface area contributed by atoms with Crippen LogP contribution in [0.25, 0.3) is 10.9 Å². The minimum absolute atomic E-state index is 0.0140. The summed E-state index contributed by atoms with van der Waals surface area (Å²) in [5.41, 5.74) is 2.12. The number of aromatic nitrogens is 1. The molecule has 3 fully saturated rings. The largest absolute Gasteiger partial charge is 0.490 e. The summed E-state index contributed by atoms with van der Waals surface area (Å²) in [6.07, 6.45) is -2.63. The Labute approximate surface area is 182 Å². The van der Waals surface area contributed by atoms with E-state index in [2.05, 4.69) is 34.5 Å². The van der Waals surface area contributed by atoms with Gasteiger partial charge in [0.2, 0.25) is 5.91 Å². The van der Waals surface area contributed by atoms with Gasteiger partial charge in [0.05, 0.1) is 29.8 Å². The molecule has 3 aliphatic rings. The van der Waals surface area contributed by atoms with E-state index in [9.17, 15) is 18.0 Å². The van der Waals surface area contributed by atoms with E-state index in [4.69, 9.17) is 19.6 Å². The minimum atomic E-state index is -5.08. The Bertz CT molecular complexity index is 996. The fraction of sp³-hybridized carbons (Fsp3) is 0.500. The predicted octanol–water partition coefficient (Wildman–Crippen LogP) is 2.59. The molecule has 2 N–H and O–H groups in total. The number of alkyl halides is 3. The average molecular weight is 451 g/mol. The number of fused-ring (bicyclic) bond motifs is 2. The molecule has 1 aromatic carbocycles. The molecule has 2 saturated heterocycles. The molecule has 1 amide bonds. The number of para-hydroxylation sites is 1. The summed E-state index contributed by atoms with van der Waals surface area (Å²) in [6, 6.07) is 12.9. The molecule has 7 nitrogen and oxygen atoms in total. The lowest BCUT2D eigenvalue weighted by molar-refractivity contribution is -0.192. The van der Waals surface area contributed by atoms with Crippen LogP contribution >= 0.6 is 0 Å². The number of hydrogen-bond donors (Lipinski definition) is 2. The number of carboxylic acids is 1. The first-order valence-corrected chi connectivity index (χ1v) is 10.5. The molecule has 10 heteroatoms. The van der Waals surface area contributed by atoms with Gasteiger partial charge in [-0.15, -0.1) is 0 Å². The van der Waals surface area contributed by atoms with Gasteiger partial charge in [0, 0.05) is 37.0 Å². The van der Waals surface area contributed by atoms with E-state index in [0.717, 1.165) is 43.7 Å². The van der Waals surface area contributed by atoms with Gasteiger partial charge in [-0.25, -0.2) is 4.79 Å². The number of carbonyl (C=O) groups excluding carboxylic acids is 1. The minimum Gasteiger partial charge on any atom is -0.475 e. The SMILES string of the molecule is O=C(NC1CC1)[C@H]1CO[C@@H]2CN(Cc3ccc4ccccc4n3)C[C@H]12.O=C(O)C(F)(F)F. The maximum atomic E-state index is 12.4. The van der Waals surface area contributed by atoms with Crippen LogP contribution in [0.15, 0.2) is 36.4 Å². The zero-order chi connectivity index (χ0) is 22.9. The lowest BCUT2D eigenvalue weighted by Crippen LogP contribution is -2.37. The van der Waals surface area contributed by atoms with E-state index in [1.807, 2.05) is 12.1 Å². The van der Waals surface area contributed by atoms with E-state index in [0.29, 0.717) is 18.6 Å². The summed E-state index contributed by atoms with van der Waals surface area (Å²) in [7, 11) is 0. The molecule has 0 spiro atoms. The molecular weight excluding hydrogens is 427 g/mol. The third-order valence-corrected chi connectivity index (χ3v) is 5.94. The summed E-state index contributed by atoms with van der Waals surface area (Å²) >= 11 is 0. The summed E-state index contributed by atoms with van der Waals surface area (Å²) in [6.45, 7) is 3.21. The Kier molecular flexibility index (Phi) is 6.34. The van der Waals surface area contributed by atoms with Crippen molar-refractivity contribution in [2.45, 2.75) is 37.7 Å². The number of carboxylic acid groups (broad SMARTS) is 1. The average Bonchev–Trinajstić information content (AvgIpc) is 3.33. The molecule has 1 aliphatic carbocycles. The quantitative estimate of drug-likeness (QED) is 0.743. The van der Waals surface area contributed by atoms with Crippen LogP contribution in [0.1, 0.15) is 18.5 Å². The number of rotatable bonds is 4. The molecular formula is C22H24F3N3O4. The third-order valence-electron chi connectivity index (χ3n) is 5.94. The van der Waals surface area contributed by atoms with Crippen molar-refractivity contribution in [3.05, 3.63) is 42.1 Å². The van der Waals surface area contributed by atoms with Gasteiger partial charge < -0.3 is 15.2 Å². The van der Waals surface area contributed by atoms with Gasteiger partial charge in [0.1, 0.15) is 0 Å². The van der Waals surface area contributed by atoms with Crippen LogP contribution in [0.2, 0.25) is 0 Å². The maximum Gasteiger partial charge on any atom is 0.490 e. The first-order valence-electron chi connectivity index (χ1n) is 10.5. The standard InChI is InChI=1S/C20H23N3O2.C2HF3O2/c24-20(22-14-7-8-14)17-12-25-19-11-23(10-16(17)19)9-15-6-5-13-3-1-2-4-18(13)21-15;3-2(4,5)1(6)7/h1-6,14,16-17,19H,7-12H2,(H,22,24);(H,6,7)/t16-,17+,19-;/m1./s1. The highest BCUT2D eigenvalue weighted by atomic mass is 19.4. The fourth-order valence-corrected chi connectivity index (χ4v) is 4.15. The summed E-state index contributed by atoms with van der Waals surface area (Å²) in [5.74, 6) is -2.23. The Morgan fingerprint density at radius 1 is 1.16 bits per heavy atom. The fourth-order valence-electron chi connectivity index (χ4n) is 4.15. The second-order valence-electron chi connectivity index (χ2n) is 8.42. The molecule has 172 valence electrons. The molecule has 5 rings (SSSR count). The van der Waals surface area contributed by atoms with Crippen LogP contribution in [0.4, 0.5) is 13.2 Å². The monoisotopic (exact) mass is 451 g/mol. The van der Waals surface area contributed by atoms with Crippen LogP contribution in [-0.2, 0) is 20.9 Å². The molecule has 3 atom stereocenters. The number of benzene rings is 1. The first kappa shape index (κ1) is 22.5. The number of carbonyl (C=O) groups is 2. The molecule has 1 aromatic heterocycles. The zero-order valence-electron chi connectivity index (χ0n) is 17.2. The Morgan fingerprint density at radius 2 is 1.88 bits per heavy atom. The number of aliphatic carboxylic acids is 1. The zero-order valence-corrected chi connectivity index (χ0v) is 17.2. The van der Waals surface area contributed by atoms with E-state index in [1.54, 1.807) is 0 Å². The van der Waals surface area contributed by atoms with Crippen molar-refractivity contribution in [1.82, 2.24) is 15.2 Å². The number of nitrogens with one attached hydrogen (secondary N) is 1. The third kappa shape index (κ3) is 5.36. The van der Waals surface area contributed by atoms with Crippen LogP contribution < -0.4 is 5.32 Å². The first-order chi connectivity index (χ1) is 15.2. The van der Waals surface area contributed by atoms with Gasteiger partial charge in [0.25, 0.3) is 0 Å². The van der Waals surface area contributed by atoms with Crippen LogP contribution in [0.5, 0.6) is 0 Å². The number of halogens is 3. The number of pyridine rings is 1. The van der Waals surface area contributed by atoms with Gasteiger partial charge in [0.15, 0.2) is 0 Å². The van der Waals surface area contributed by atoms with Crippen LogP contribution in [0, 0.1) is 11.8 Å². The van der Waals surface area contributed by atoms with Crippen molar-refractivity contribution in [3.8, 4) is 0 Å². The highest BCUT2D eigenvalue weighted by molar-refractivity contribution is 5.80. The molecule has 2 aromatic rings. The smallest absolute Gasteiger partial charge is 0.475 e. The second kappa shape index (κ2) is 9.03. The van der Waals surface area contributed by atoms with Gasteiger partial charge >= 0.3 is 12.1 Å². The van der Waals surface area contributed by atoms with Crippen molar-refractivity contribution >= 4 is 22.8 Å². The second-order valence-corrected chi connectivity index (χ2v) is 8.42. The Morgan fingerprint density at radius 3 is 2.56 bits per heavy atom. The lowest BCUT2D eigenvalue weighted by Gasteiger charge is -2.19. The molecule has 0 unspecified atom stereocenters. The summed E-state index contributed by atoms with van der Waals surface area (Å²) in [5, 5.41) is 11.4. The molecule has 1 saturated carbocycles. The van der Waals surface area contributed by atoms with Crippen molar-refractivity contribution in [2.24, 2.45) is 11.8 Å². The molecule has 0 bridgehead atoms.